The molecule has 0 aromatic heterocycles. The predicted octanol–water partition coefficient (Wildman–Crippen LogP) is 1.60. The van der Waals surface area contributed by atoms with Gasteiger partial charge in [-0.15, -0.1) is 0 Å². The van der Waals surface area contributed by atoms with Gasteiger partial charge in [-0.2, -0.15) is 0 Å². The van der Waals surface area contributed by atoms with E-state index in [0.29, 0.717) is 25.7 Å². The lowest BCUT2D eigenvalue weighted by molar-refractivity contribution is -0.167. The molecule has 0 aliphatic carbocycles. The number of nitrogens with zero attached hydrogens (tertiary/aromatic N) is 1. The van der Waals surface area contributed by atoms with Crippen LogP contribution in [-0.4, -0.2) is 84.3 Å². The van der Waals surface area contributed by atoms with Crippen LogP contribution in [0.4, 0.5) is 9.59 Å². The first-order valence-electron chi connectivity index (χ1n) is 12.3. The average molecular weight is 533 g/mol. The number of guanidine groups is 1. The van der Waals surface area contributed by atoms with Crippen LogP contribution in [0.25, 0.3) is 0 Å². The minimum atomic E-state index is -2.04. The molecule has 0 aliphatic rings. The van der Waals surface area contributed by atoms with Gasteiger partial charge in [0.15, 0.2) is 5.41 Å². The van der Waals surface area contributed by atoms with Crippen LogP contribution >= 0.6 is 0 Å². The van der Waals surface area contributed by atoms with Crippen LogP contribution in [0.15, 0.2) is 4.99 Å². The summed E-state index contributed by atoms with van der Waals surface area (Å²) in [5.41, 5.74) is -3.51. The van der Waals surface area contributed by atoms with E-state index < -0.39 is 53.9 Å². The van der Waals surface area contributed by atoms with Gasteiger partial charge in [-0.3, -0.25) is 25.2 Å². The van der Waals surface area contributed by atoms with E-state index in [0.717, 1.165) is 0 Å². The van der Waals surface area contributed by atoms with Gasteiger partial charge in [0.1, 0.15) is 11.2 Å². The summed E-state index contributed by atoms with van der Waals surface area (Å²) in [4.78, 5) is 52.8. The Bertz CT molecular complexity index is 750. The molecule has 0 unspecified atom stereocenters. The van der Waals surface area contributed by atoms with E-state index in [1.54, 1.807) is 48.5 Å². The van der Waals surface area contributed by atoms with Crippen LogP contribution in [-0.2, 0) is 23.8 Å². The molecule has 0 bridgehead atoms. The molecule has 5 N–H and O–H groups in total. The number of alkyl carbamates (subject to hydrolysis) is 2. The number of amides is 3. The zero-order chi connectivity index (χ0) is 28.7. The van der Waals surface area contributed by atoms with Crippen LogP contribution in [0.1, 0.15) is 74.1 Å². The fourth-order valence-corrected chi connectivity index (χ4v) is 2.75. The number of carbonyl (C=O) groups is 4. The molecule has 0 saturated heterocycles. The molecule has 13 heteroatoms. The van der Waals surface area contributed by atoms with Crippen LogP contribution in [0.5, 0.6) is 0 Å². The lowest BCUT2D eigenvalue weighted by atomic mass is 9.89. The number of unbranched alkanes of at least 4 members (excludes halogenated alkanes) is 3. The summed E-state index contributed by atoms with van der Waals surface area (Å²) in [6, 6.07) is 0. The molecule has 0 heterocycles. The molecule has 0 fully saturated rings. The molecule has 0 aromatic carbocycles. The summed E-state index contributed by atoms with van der Waals surface area (Å²) in [6.07, 6.45) is 1.06. The van der Waals surface area contributed by atoms with Gasteiger partial charge in [-0.1, -0.05) is 12.8 Å². The Morgan fingerprint density at radius 1 is 0.784 bits per heavy atom. The first-order chi connectivity index (χ1) is 17.1. The number of hydrogen-bond acceptors (Lipinski definition) is 10. The van der Waals surface area contributed by atoms with Crippen molar-refractivity contribution in [3.8, 4) is 0 Å². The van der Waals surface area contributed by atoms with E-state index in [1.807, 2.05) is 0 Å². The Balaban J connectivity index is 4.72. The molecule has 37 heavy (non-hydrogen) atoms. The van der Waals surface area contributed by atoms with E-state index in [1.165, 1.54) is 0 Å². The van der Waals surface area contributed by atoms with Crippen molar-refractivity contribution in [3.63, 3.8) is 0 Å². The van der Waals surface area contributed by atoms with Crippen molar-refractivity contribution in [3.05, 3.63) is 0 Å². The molecule has 214 valence electrons. The van der Waals surface area contributed by atoms with Gasteiger partial charge in [0.25, 0.3) is 0 Å². The quantitative estimate of drug-likeness (QED) is 0.0622. The zero-order valence-electron chi connectivity index (χ0n) is 23.1. The molecule has 0 atom stereocenters. The Hall–Kier alpha value is -2.93. The van der Waals surface area contributed by atoms with Gasteiger partial charge in [-0.25, -0.2) is 9.59 Å². The van der Waals surface area contributed by atoms with Gasteiger partial charge in [-0.05, 0) is 61.3 Å². The Morgan fingerprint density at radius 2 is 1.27 bits per heavy atom. The standard InChI is InChI=1S/C24H44N4O9/c1-8-35-18(32)24(15-29,16-30)17(31)25-13-11-9-10-12-14-26-19(27-20(33)36-22(2,3)4)28-21(34)37-23(5,6)7/h29-30H,8-16H2,1-7H3,(H,25,31)(H2,26,27,28,33,34). The van der Waals surface area contributed by atoms with E-state index >= 15 is 0 Å². The third kappa shape index (κ3) is 14.4. The SMILES string of the molecule is CCOC(=O)C(CO)(CO)C(=O)NCCCCCCN=C(NC(=O)OC(C)(C)C)NC(=O)OC(C)(C)C. The minimum absolute atomic E-state index is 0.0125. The largest absolute Gasteiger partial charge is 0.465 e. The second-order valence-corrected chi connectivity index (χ2v) is 10.3. The summed E-state index contributed by atoms with van der Waals surface area (Å²) < 4.78 is 15.2. The van der Waals surface area contributed by atoms with E-state index in [4.69, 9.17) is 14.2 Å². The van der Waals surface area contributed by atoms with Crippen LogP contribution in [0.3, 0.4) is 0 Å². The molecular weight excluding hydrogens is 488 g/mol. The van der Waals surface area contributed by atoms with Crippen molar-refractivity contribution < 1.29 is 43.6 Å². The van der Waals surface area contributed by atoms with Gasteiger partial charge in [0.05, 0.1) is 19.8 Å². The normalized spacial score (nSPS) is 11.7. The fourth-order valence-electron chi connectivity index (χ4n) is 2.75. The second kappa shape index (κ2) is 16.0. The molecule has 0 rings (SSSR count). The number of nitrogens with one attached hydrogen (secondary N) is 3. The molecule has 3 amide bonds. The van der Waals surface area contributed by atoms with Crippen LogP contribution < -0.4 is 16.0 Å². The van der Waals surface area contributed by atoms with E-state index in [9.17, 15) is 29.4 Å². The summed E-state index contributed by atoms with van der Waals surface area (Å²) in [5, 5.41) is 26.4. The highest BCUT2D eigenvalue weighted by Gasteiger charge is 2.46. The second-order valence-electron chi connectivity index (χ2n) is 10.3. The van der Waals surface area contributed by atoms with Crippen molar-refractivity contribution in [2.45, 2.75) is 85.4 Å². The fraction of sp³-hybridized carbons (Fsp3) is 0.792. The average Bonchev–Trinajstić information content (AvgIpc) is 2.74. The van der Waals surface area contributed by atoms with Crippen LogP contribution in [0.2, 0.25) is 0 Å². The number of aliphatic imine (C=N–C) groups is 1. The van der Waals surface area contributed by atoms with Crippen molar-refractivity contribution in [1.82, 2.24) is 16.0 Å². The van der Waals surface area contributed by atoms with Gasteiger partial charge < -0.3 is 29.7 Å². The molecule has 0 saturated carbocycles. The van der Waals surface area contributed by atoms with Crippen molar-refractivity contribution in [2.24, 2.45) is 10.4 Å². The summed E-state index contributed by atoms with van der Waals surface area (Å²) in [6.45, 7) is 10.6. The summed E-state index contributed by atoms with van der Waals surface area (Å²) in [7, 11) is 0. The van der Waals surface area contributed by atoms with Crippen molar-refractivity contribution in [2.75, 3.05) is 32.9 Å². The van der Waals surface area contributed by atoms with Gasteiger partial charge in [0.2, 0.25) is 11.9 Å². The third-order valence-corrected chi connectivity index (χ3v) is 4.52. The summed E-state index contributed by atoms with van der Waals surface area (Å²) >= 11 is 0. The number of esters is 1. The summed E-state index contributed by atoms with van der Waals surface area (Å²) in [5.74, 6) is -1.88. The lowest BCUT2D eigenvalue weighted by Crippen LogP contribution is -2.52. The molecule has 0 aromatic rings. The number of aliphatic hydroxyl groups excluding tert-OH is 2. The van der Waals surface area contributed by atoms with Gasteiger partial charge in [0, 0.05) is 13.1 Å². The first-order valence-corrected chi connectivity index (χ1v) is 12.3. The molecule has 0 spiro atoms. The highest BCUT2D eigenvalue weighted by Crippen LogP contribution is 2.18. The van der Waals surface area contributed by atoms with E-state index in [2.05, 4.69) is 20.9 Å². The van der Waals surface area contributed by atoms with Crippen molar-refractivity contribution >= 4 is 30.0 Å². The maximum absolute atomic E-state index is 12.4. The van der Waals surface area contributed by atoms with E-state index in [-0.39, 0.29) is 25.7 Å². The maximum Gasteiger partial charge on any atom is 0.414 e. The monoisotopic (exact) mass is 532 g/mol. The Kier molecular flexibility index (Phi) is 14.8. The third-order valence-electron chi connectivity index (χ3n) is 4.52. The highest BCUT2D eigenvalue weighted by atomic mass is 16.6. The van der Waals surface area contributed by atoms with Crippen molar-refractivity contribution in [1.29, 1.82) is 0 Å². The number of carbonyl (C=O) groups excluding carboxylic acids is 4. The smallest absolute Gasteiger partial charge is 0.414 e. The van der Waals surface area contributed by atoms with Gasteiger partial charge >= 0.3 is 18.2 Å². The Labute approximate surface area is 218 Å². The Morgan fingerprint density at radius 3 is 1.70 bits per heavy atom. The molecule has 13 nitrogen and oxygen atoms in total. The number of rotatable bonds is 12. The highest BCUT2D eigenvalue weighted by molar-refractivity contribution is 6.03. The molecular formula is C24H44N4O9. The lowest BCUT2D eigenvalue weighted by Gasteiger charge is -2.25. The topological polar surface area (TPSA) is 185 Å². The molecule has 0 radical (unpaired) electrons. The number of aliphatic hydroxyl groups is 2. The zero-order valence-corrected chi connectivity index (χ0v) is 23.1. The first kappa shape index (κ1) is 34.1. The number of ether oxygens (including phenoxy) is 3. The number of hydrogen-bond donors (Lipinski definition) is 5. The predicted molar refractivity (Wildman–Crippen MR) is 136 cm³/mol. The van der Waals surface area contributed by atoms with Crippen LogP contribution in [0, 0.1) is 5.41 Å². The molecule has 0 aliphatic heterocycles. The maximum atomic E-state index is 12.4. The minimum Gasteiger partial charge on any atom is -0.465 e.